The van der Waals surface area contributed by atoms with Gasteiger partial charge in [-0.25, -0.2) is 8.42 Å². The fourth-order valence-corrected chi connectivity index (χ4v) is 3.49. The van der Waals surface area contributed by atoms with E-state index >= 15 is 0 Å². The van der Waals surface area contributed by atoms with Crippen LogP contribution in [0.3, 0.4) is 0 Å². The molecule has 0 bridgehead atoms. The minimum atomic E-state index is -3.49. The van der Waals surface area contributed by atoms with Crippen molar-refractivity contribution in [1.29, 1.82) is 0 Å². The third-order valence-corrected chi connectivity index (χ3v) is 5.75. The molecule has 0 amide bonds. The first-order chi connectivity index (χ1) is 10.3. The number of aryl methyl sites for hydroxylation is 4. The van der Waals surface area contributed by atoms with Crippen molar-refractivity contribution in [1.82, 2.24) is 14.1 Å². The maximum Gasteiger partial charge on any atom is 0.243 e. The van der Waals surface area contributed by atoms with Crippen LogP contribution in [-0.4, -0.2) is 29.6 Å². The Morgan fingerprint density at radius 2 is 1.86 bits per heavy atom. The average Bonchev–Trinajstić information content (AvgIpc) is 2.82. The molecule has 0 fully saturated rings. The van der Waals surface area contributed by atoms with Gasteiger partial charge in [0.05, 0.1) is 10.6 Å². The van der Waals surface area contributed by atoms with Gasteiger partial charge in [-0.05, 0) is 51.0 Å². The molecule has 6 heteroatoms. The second kappa shape index (κ2) is 6.22. The van der Waals surface area contributed by atoms with Gasteiger partial charge < -0.3 is 0 Å². The van der Waals surface area contributed by atoms with Crippen LogP contribution >= 0.6 is 0 Å². The molecule has 2 aromatic rings. The van der Waals surface area contributed by atoms with Crippen LogP contribution in [0.15, 0.2) is 29.3 Å². The second-order valence-corrected chi connectivity index (χ2v) is 7.65. The van der Waals surface area contributed by atoms with E-state index in [1.807, 2.05) is 44.6 Å². The monoisotopic (exact) mass is 321 g/mol. The standard InChI is InChI=1S/C16H23N3O2S/c1-6-19-11-15(14(4)17-19)10-18(5)22(20,21)16-8-7-12(2)13(3)9-16/h7-9,11H,6,10H2,1-5H3. The lowest BCUT2D eigenvalue weighted by molar-refractivity contribution is 0.465. The average molecular weight is 321 g/mol. The zero-order chi connectivity index (χ0) is 16.5. The van der Waals surface area contributed by atoms with Crippen LogP contribution in [0.5, 0.6) is 0 Å². The minimum Gasteiger partial charge on any atom is -0.272 e. The van der Waals surface area contributed by atoms with Gasteiger partial charge in [0, 0.05) is 31.9 Å². The van der Waals surface area contributed by atoms with Gasteiger partial charge in [0.15, 0.2) is 0 Å². The maximum absolute atomic E-state index is 12.7. The van der Waals surface area contributed by atoms with Crippen molar-refractivity contribution in [2.45, 2.75) is 45.7 Å². The summed E-state index contributed by atoms with van der Waals surface area (Å²) in [5, 5.41) is 4.36. The van der Waals surface area contributed by atoms with E-state index in [1.165, 1.54) is 4.31 Å². The minimum absolute atomic E-state index is 0.321. The third-order valence-electron chi connectivity index (χ3n) is 3.95. The van der Waals surface area contributed by atoms with Crippen molar-refractivity contribution < 1.29 is 8.42 Å². The molecule has 120 valence electrons. The van der Waals surface area contributed by atoms with E-state index < -0.39 is 10.0 Å². The van der Waals surface area contributed by atoms with Crippen LogP contribution < -0.4 is 0 Å². The predicted molar refractivity (Wildman–Crippen MR) is 87.2 cm³/mol. The quantitative estimate of drug-likeness (QED) is 0.851. The molecule has 0 saturated carbocycles. The van der Waals surface area contributed by atoms with Crippen molar-refractivity contribution in [3.63, 3.8) is 0 Å². The Hall–Kier alpha value is -1.66. The first-order valence-corrected chi connectivity index (χ1v) is 8.76. The summed E-state index contributed by atoms with van der Waals surface area (Å²) in [6.45, 7) is 8.89. The molecule has 1 heterocycles. The molecule has 2 rings (SSSR count). The molecular formula is C16H23N3O2S. The third kappa shape index (κ3) is 3.23. The van der Waals surface area contributed by atoms with Crippen molar-refractivity contribution >= 4 is 10.0 Å². The number of hydrogen-bond acceptors (Lipinski definition) is 3. The lowest BCUT2D eigenvalue weighted by atomic mass is 10.1. The number of benzene rings is 1. The summed E-state index contributed by atoms with van der Waals surface area (Å²) in [5.74, 6) is 0. The SMILES string of the molecule is CCn1cc(CN(C)S(=O)(=O)c2ccc(C)c(C)c2)c(C)n1. The van der Waals surface area contributed by atoms with Crippen molar-refractivity contribution in [2.24, 2.45) is 0 Å². The lowest BCUT2D eigenvalue weighted by Crippen LogP contribution is -2.26. The molecule has 1 aromatic heterocycles. The van der Waals surface area contributed by atoms with Gasteiger partial charge in [0.2, 0.25) is 10.0 Å². The first kappa shape index (κ1) is 16.7. The van der Waals surface area contributed by atoms with Crippen molar-refractivity contribution in [3.05, 3.63) is 46.8 Å². The zero-order valence-electron chi connectivity index (χ0n) is 13.8. The molecular weight excluding hydrogens is 298 g/mol. The van der Waals surface area contributed by atoms with Gasteiger partial charge in [-0.3, -0.25) is 4.68 Å². The smallest absolute Gasteiger partial charge is 0.243 e. The van der Waals surface area contributed by atoms with Gasteiger partial charge in [-0.15, -0.1) is 0 Å². The van der Waals surface area contributed by atoms with Gasteiger partial charge in [-0.2, -0.15) is 9.40 Å². The predicted octanol–water partition coefficient (Wildman–Crippen LogP) is 2.65. The Labute approximate surface area is 132 Å². The normalized spacial score (nSPS) is 12.1. The molecule has 0 aliphatic heterocycles. The highest BCUT2D eigenvalue weighted by Gasteiger charge is 2.22. The van der Waals surface area contributed by atoms with E-state index in [-0.39, 0.29) is 0 Å². The van der Waals surface area contributed by atoms with E-state index in [2.05, 4.69) is 5.10 Å². The fraction of sp³-hybridized carbons (Fsp3) is 0.438. The molecule has 1 aromatic carbocycles. The topological polar surface area (TPSA) is 55.2 Å². The summed E-state index contributed by atoms with van der Waals surface area (Å²) in [6, 6.07) is 5.23. The van der Waals surface area contributed by atoms with Crippen molar-refractivity contribution in [3.8, 4) is 0 Å². The summed E-state index contributed by atoms with van der Waals surface area (Å²) in [5.41, 5.74) is 3.85. The highest BCUT2D eigenvalue weighted by Crippen LogP contribution is 2.20. The highest BCUT2D eigenvalue weighted by atomic mass is 32.2. The molecule has 0 atom stereocenters. The first-order valence-electron chi connectivity index (χ1n) is 7.32. The molecule has 0 aliphatic carbocycles. The Morgan fingerprint density at radius 3 is 2.41 bits per heavy atom. The summed E-state index contributed by atoms with van der Waals surface area (Å²) in [6.07, 6.45) is 1.90. The van der Waals surface area contributed by atoms with Gasteiger partial charge in [0.25, 0.3) is 0 Å². The summed E-state index contributed by atoms with van der Waals surface area (Å²) in [7, 11) is -1.89. The number of hydrogen-bond donors (Lipinski definition) is 0. The lowest BCUT2D eigenvalue weighted by Gasteiger charge is -2.17. The van der Waals surface area contributed by atoms with Gasteiger partial charge in [-0.1, -0.05) is 6.07 Å². The van der Waals surface area contributed by atoms with Crippen LogP contribution in [0.4, 0.5) is 0 Å². The number of rotatable bonds is 5. The Balaban J connectivity index is 2.28. The van der Waals surface area contributed by atoms with Crippen LogP contribution in [0.1, 0.15) is 29.3 Å². The van der Waals surface area contributed by atoms with Gasteiger partial charge in [0.1, 0.15) is 0 Å². The molecule has 0 saturated heterocycles. The molecule has 0 aliphatic rings. The highest BCUT2D eigenvalue weighted by molar-refractivity contribution is 7.89. The molecule has 0 spiro atoms. The molecule has 0 N–H and O–H groups in total. The van der Waals surface area contributed by atoms with E-state index in [0.29, 0.717) is 11.4 Å². The summed E-state index contributed by atoms with van der Waals surface area (Å²) >= 11 is 0. The number of aromatic nitrogens is 2. The molecule has 0 unspecified atom stereocenters. The van der Waals surface area contributed by atoms with Crippen LogP contribution in [-0.2, 0) is 23.1 Å². The summed E-state index contributed by atoms with van der Waals surface area (Å²) < 4.78 is 28.6. The van der Waals surface area contributed by atoms with Gasteiger partial charge >= 0.3 is 0 Å². The summed E-state index contributed by atoms with van der Waals surface area (Å²) in [4.78, 5) is 0.332. The van der Waals surface area contributed by atoms with Crippen LogP contribution in [0, 0.1) is 20.8 Å². The molecule has 0 radical (unpaired) electrons. The second-order valence-electron chi connectivity index (χ2n) is 5.60. The fourth-order valence-electron chi connectivity index (χ4n) is 2.26. The number of nitrogens with zero attached hydrogens (tertiary/aromatic N) is 3. The molecule has 22 heavy (non-hydrogen) atoms. The maximum atomic E-state index is 12.7. The van der Waals surface area contributed by atoms with E-state index in [9.17, 15) is 8.42 Å². The van der Waals surface area contributed by atoms with E-state index in [4.69, 9.17) is 0 Å². The Morgan fingerprint density at radius 1 is 1.18 bits per heavy atom. The Bertz CT molecular complexity index is 779. The molecule has 5 nitrogen and oxygen atoms in total. The Kier molecular flexibility index (Phi) is 4.72. The van der Waals surface area contributed by atoms with Crippen molar-refractivity contribution in [2.75, 3.05) is 7.05 Å². The zero-order valence-corrected chi connectivity index (χ0v) is 14.6. The number of sulfonamides is 1. The van der Waals surface area contributed by atoms with Crippen LogP contribution in [0.2, 0.25) is 0 Å². The van der Waals surface area contributed by atoms with E-state index in [0.717, 1.165) is 28.9 Å². The van der Waals surface area contributed by atoms with Crippen LogP contribution in [0.25, 0.3) is 0 Å². The van der Waals surface area contributed by atoms with E-state index in [1.54, 1.807) is 19.2 Å². The largest absolute Gasteiger partial charge is 0.272 e.